The van der Waals surface area contributed by atoms with Crippen LogP contribution in [0.3, 0.4) is 0 Å². The van der Waals surface area contributed by atoms with Gasteiger partial charge in [0, 0.05) is 13.5 Å². The van der Waals surface area contributed by atoms with Gasteiger partial charge in [-0.25, -0.2) is 0 Å². The fourth-order valence-corrected chi connectivity index (χ4v) is 3.35. The van der Waals surface area contributed by atoms with Crippen molar-refractivity contribution >= 4 is 5.97 Å². The lowest BCUT2D eigenvalue weighted by Crippen LogP contribution is -2.11. The molecule has 0 aromatic carbocycles. The van der Waals surface area contributed by atoms with Gasteiger partial charge in [-0.1, -0.05) is 90.4 Å². The van der Waals surface area contributed by atoms with Gasteiger partial charge in [-0.3, -0.25) is 4.79 Å². The molecule has 1 atom stereocenters. The first-order chi connectivity index (χ1) is 12.2. The summed E-state index contributed by atoms with van der Waals surface area (Å²) < 4.78 is 10.2. The molecule has 0 saturated carbocycles. The van der Waals surface area contributed by atoms with Gasteiger partial charge >= 0.3 is 5.97 Å². The number of hydrogen-bond donors (Lipinski definition) is 0. The van der Waals surface area contributed by atoms with E-state index in [4.69, 9.17) is 4.74 Å². The summed E-state index contributed by atoms with van der Waals surface area (Å²) in [7, 11) is 3.23. The van der Waals surface area contributed by atoms with Crippen LogP contribution in [0.25, 0.3) is 0 Å². The van der Waals surface area contributed by atoms with Crippen molar-refractivity contribution in [3.63, 3.8) is 0 Å². The standard InChI is InChI=1S/C22H44O3/c1-4-5-6-7-8-9-10-11-12-13-14-15-16-18-21(24-2)19-17-20-22(23)25-3/h21H,4-20H2,1-3H3. The second-order valence-corrected chi connectivity index (χ2v) is 7.36. The highest BCUT2D eigenvalue weighted by Gasteiger charge is 2.08. The second kappa shape index (κ2) is 19.8. The number of carbonyl (C=O) groups is 1. The Morgan fingerprint density at radius 3 is 1.56 bits per heavy atom. The zero-order valence-electron chi connectivity index (χ0n) is 17.3. The van der Waals surface area contributed by atoms with Crippen molar-refractivity contribution in [3.05, 3.63) is 0 Å². The Kier molecular flexibility index (Phi) is 19.3. The van der Waals surface area contributed by atoms with Crippen LogP contribution < -0.4 is 0 Å². The molecule has 0 aromatic rings. The minimum absolute atomic E-state index is 0.115. The first-order valence-electron chi connectivity index (χ1n) is 10.8. The molecule has 3 heteroatoms. The number of esters is 1. The molecule has 0 aliphatic carbocycles. The van der Waals surface area contributed by atoms with E-state index in [2.05, 4.69) is 11.7 Å². The minimum atomic E-state index is -0.115. The molecule has 0 saturated heterocycles. The van der Waals surface area contributed by atoms with E-state index in [9.17, 15) is 4.79 Å². The van der Waals surface area contributed by atoms with Gasteiger partial charge in [0.05, 0.1) is 13.2 Å². The highest BCUT2D eigenvalue weighted by Crippen LogP contribution is 2.16. The van der Waals surface area contributed by atoms with Gasteiger partial charge in [-0.15, -0.1) is 0 Å². The Morgan fingerprint density at radius 1 is 0.680 bits per heavy atom. The van der Waals surface area contributed by atoms with Crippen LogP contribution in [0.2, 0.25) is 0 Å². The number of carbonyl (C=O) groups excluding carboxylic acids is 1. The number of unbranched alkanes of at least 4 members (excludes halogenated alkanes) is 12. The summed E-state index contributed by atoms with van der Waals surface area (Å²) in [6.07, 6.45) is 21.8. The normalized spacial score (nSPS) is 12.3. The SMILES string of the molecule is CCCCCCCCCCCCCCCC(CCCC(=O)OC)OC. The monoisotopic (exact) mass is 356 g/mol. The lowest BCUT2D eigenvalue weighted by atomic mass is 10.0. The number of methoxy groups -OCH3 is 2. The van der Waals surface area contributed by atoms with Crippen LogP contribution in [0.1, 0.15) is 116 Å². The topological polar surface area (TPSA) is 35.5 Å². The summed E-state index contributed by atoms with van der Waals surface area (Å²) in [6, 6.07) is 0. The van der Waals surface area contributed by atoms with E-state index >= 15 is 0 Å². The third-order valence-electron chi connectivity index (χ3n) is 5.10. The van der Waals surface area contributed by atoms with Crippen LogP contribution >= 0.6 is 0 Å². The molecule has 0 fully saturated rings. The van der Waals surface area contributed by atoms with Crippen LogP contribution in [0.4, 0.5) is 0 Å². The van der Waals surface area contributed by atoms with E-state index in [1.54, 1.807) is 7.11 Å². The summed E-state index contributed by atoms with van der Waals surface area (Å²) in [6.45, 7) is 2.28. The Labute approximate surface area is 157 Å². The highest BCUT2D eigenvalue weighted by atomic mass is 16.5. The van der Waals surface area contributed by atoms with E-state index in [0.717, 1.165) is 19.3 Å². The van der Waals surface area contributed by atoms with Crippen molar-refractivity contribution < 1.29 is 14.3 Å². The largest absolute Gasteiger partial charge is 0.469 e. The van der Waals surface area contributed by atoms with E-state index in [1.165, 1.54) is 90.6 Å². The third-order valence-corrected chi connectivity index (χ3v) is 5.10. The summed E-state index contributed by atoms with van der Waals surface area (Å²) >= 11 is 0. The van der Waals surface area contributed by atoms with Gasteiger partial charge in [0.1, 0.15) is 0 Å². The smallest absolute Gasteiger partial charge is 0.305 e. The average molecular weight is 357 g/mol. The van der Waals surface area contributed by atoms with Crippen molar-refractivity contribution in [2.24, 2.45) is 0 Å². The molecule has 25 heavy (non-hydrogen) atoms. The molecule has 0 heterocycles. The van der Waals surface area contributed by atoms with Crippen LogP contribution in [-0.2, 0) is 14.3 Å². The average Bonchev–Trinajstić information content (AvgIpc) is 2.63. The van der Waals surface area contributed by atoms with E-state index < -0.39 is 0 Å². The minimum Gasteiger partial charge on any atom is -0.469 e. The summed E-state index contributed by atoms with van der Waals surface area (Å²) in [5.41, 5.74) is 0. The van der Waals surface area contributed by atoms with Crippen LogP contribution in [-0.4, -0.2) is 26.3 Å². The van der Waals surface area contributed by atoms with Gasteiger partial charge in [0.2, 0.25) is 0 Å². The molecule has 1 unspecified atom stereocenters. The molecule has 0 aromatic heterocycles. The van der Waals surface area contributed by atoms with Crippen molar-refractivity contribution in [1.82, 2.24) is 0 Å². The zero-order chi connectivity index (χ0) is 18.6. The van der Waals surface area contributed by atoms with E-state index in [-0.39, 0.29) is 5.97 Å². The highest BCUT2D eigenvalue weighted by molar-refractivity contribution is 5.68. The molecular weight excluding hydrogens is 312 g/mol. The number of rotatable bonds is 19. The molecule has 0 rings (SSSR count). The van der Waals surface area contributed by atoms with Gasteiger partial charge in [0.25, 0.3) is 0 Å². The molecule has 0 N–H and O–H groups in total. The van der Waals surface area contributed by atoms with Crippen molar-refractivity contribution in [1.29, 1.82) is 0 Å². The van der Waals surface area contributed by atoms with Gasteiger partial charge in [-0.05, 0) is 19.3 Å². The molecule has 0 radical (unpaired) electrons. The quantitative estimate of drug-likeness (QED) is 0.188. The molecule has 0 amide bonds. The van der Waals surface area contributed by atoms with Crippen LogP contribution in [0.5, 0.6) is 0 Å². The maximum absolute atomic E-state index is 11.1. The Morgan fingerprint density at radius 2 is 1.12 bits per heavy atom. The van der Waals surface area contributed by atoms with E-state index in [0.29, 0.717) is 12.5 Å². The van der Waals surface area contributed by atoms with Crippen molar-refractivity contribution in [2.75, 3.05) is 14.2 Å². The predicted molar refractivity (Wildman–Crippen MR) is 107 cm³/mol. The summed E-state index contributed by atoms with van der Waals surface area (Å²) in [5, 5.41) is 0. The maximum Gasteiger partial charge on any atom is 0.305 e. The molecule has 3 nitrogen and oxygen atoms in total. The molecule has 150 valence electrons. The molecule has 0 bridgehead atoms. The zero-order valence-corrected chi connectivity index (χ0v) is 17.3. The van der Waals surface area contributed by atoms with Crippen LogP contribution in [0, 0.1) is 0 Å². The molecule has 0 aliphatic rings. The Hall–Kier alpha value is -0.570. The summed E-state index contributed by atoms with van der Waals surface area (Å²) in [4.78, 5) is 11.1. The lowest BCUT2D eigenvalue weighted by molar-refractivity contribution is -0.140. The lowest BCUT2D eigenvalue weighted by Gasteiger charge is -2.14. The third kappa shape index (κ3) is 18.0. The van der Waals surface area contributed by atoms with Crippen molar-refractivity contribution in [3.8, 4) is 0 Å². The van der Waals surface area contributed by atoms with E-state index in [1.807, 2.05) is 0 Å². The Balaban J connectivity index is 3.28. The fourth-order valence-electron chi connectivity index (χ4n) is 3.35. The molecule has 0 aliphatic heterocycles. The molecular formula is C22H44O3. The molecule has 0 spiro atoms. The fraction of sp³-hybridized carbons (Fsp3) is 0.955. The second-order valence-electron chi connectivity index (χ2n) is 7.36. The maximum atomic E-state index is 11.1. The van der Waals surface area contributed by atoms with Crippen molar-refractivity contribution in [2.45, 2.75) is 122 Å². The first-order valence-corrected chi connectivity index (χ1v) is 10.8. The van der Waals surface area contributed by atoms with Gasteiger partial charge in [-0.2, -0.15) is 0 Å². The predicted octanol–water partition coefficient (Wildman–Crippen LogP) is 6.83. The van der Waals surface area contributed by atoms with Gasteiger partial charge < -0.3 is 9.47 Å². The first kappa shape index (κ1) is 24.4. The van der Waals surface area contributed by atoms with Crippen LogP contribution in [0.15, 0.2) is 0 Å². The Bertz CT molecular complexity index is 278. The van der Waals surface area contributed by atoms with Gasteiger partial charge in [0.15, 0.2) is 0 Å². The number of hydrogen-bond acceptors (Lipinski definition) is 3. The summed E-state index contributed by atoms with van der Waals surface area (Å²) in [5.74, 6) is -0.115. The number of ether oxygens (including phenoxy) is 2.